The summed E-state index contributed by atoms with van der Waals surface area (Å²) in [4.78, 5) is 12.0. The summed E-state index contributed by atoms with van der Waals surface area (Å²) < 4.78 is 0.800. The van der Waals surface area contributed by atoms with E-state index in [1.165, 1.54) is 0 Å². The topological polar surface area (TPSA) is 41.6 Å². The molecule has 2 aromatic heterocycles. The second-order valence-electron chi connectivity index (χ2n) is 3.44. The first kappa shape index (κ1) is 9.54. The zero-order valence-corrected chi connectivity index (χ0v) is 9.90. The van der Waals surface area contributed by atoms with E-state index in [4.69, 9.17) is 0 Å². The Balaban J connectivity index is 2.23. The summed E-state index contributed by atoms with van der Waals surface area (Å²) >= 11 is 3.42. The number of para-hydroxylation sites is 2. The highest BCUT2D eigenvalue weighted by Crippen LogP contribution is 2.25. The molecule has 4 heteroatoms. The van der Waals surface area contributed by atoms with Crippen molar-refractivity contribution in [3.05, 3.63) is 47.2 Å². The molecule has 16 heavy (non-hydrogen) atoms. The van der Waals surface area contributed by atoms with Gasteiger partial charge in [0.1, 0.15) is 10.4 Å². The van der Waals surface area contributed by atoms with Gasteiger partial charge in [-0.25, -0.2) is 9.97 Å². The maximum absolute atomic E-state index is 4.52. The molecule has 1 N–H and O–H groups in total. The maximum Gasteiger partial charge on any atom is 0.141 e. The fraction of sp³-hybridized carbons (Fsp3) is 0. The molecule has 0 radical (unpaired) electrons. The molecule has 0 saturated heterocycles. The monoisotopic (exact) mass is 273 g/mol. The highest BCUT2D eigenvalue weighted by Gasteiger charge is 2.07. The summed E-state index contributed by atoms with van der Waals surface area (Å²) in [5.41, 5.74) is 2.97. The summed E-state index contributed by atoms with van der Waals surface area (Å²) in [6, 6.07) is 11.8. The number of benzene rings is 1. The van der Waals surface area contributed by atoms with Crippen LogP contribution in [0.3, 0.4) is 0 Å². The minimum Gasteiger partial charge on any atom is -0.338 e. The van der Waals surface area contributed by atoms with Crippen molar-refractivity contribution in [3.63, 3.8) is 0 Å². The number of imidazole rings is 1. The van der Waals surface area contributed by atoms with Crippen LogP contribution in [0.4, 0.5) is 0 Å². The zero-order chi connectivity index (χ0) is 11.0. The van der Waals surface area contributed by atoms with Gasteiger partial charge in [-0.3, -0.25) is 0 Å². The number of pyridine rings is 1. The fourth-order valence-electron chi connectivity index (χ4n) is 1.64. The number of nitrogens with one attached hydrogen (secondary N) is 1. The Kier molecular flexibility index (Phi) is 2.22. The van der Waals surface area contributed by atoms with Gasteiger partial charge in [-0.2, -0.15) is 0 Å². The normalized spacial score (nSPS) is 10.8. The van der Waals surface area contributed by atoms with Crippen molar-refractivity contribution < 1.29 is 0 Å². The predicted octanol–water partition coefficient (Wildman–Crippen LogP) is 3.39. The van der Waals surface area contributed by atoms with Gasteiger partial charge in [0.05, 0.1) is 16.6 Å². The molecular formula is C12H8BrN3. The van der Waals surface area contributed by atoms with Gasteiger partial charge in [0.25, 0.3) is 0 Å². The van der Waals surface area contributed by atoms with Gasteiger partial charge in [-0.1, -0.05) is 12.1 Å². The first-order valence-corrected chi connectivity index (χ1v) is 5.69. The molecule has 2 heterocycles. The SMILES string of the molecule is Brc1ncccc1-c1nc2ccccc2[nH]1. The Morgan fingerprint density at radius 2 is 1.94 bits per heavy atom. The number of hydrogen-bond acceptors (Lipinski definition) is 2. The van der Waals surface area contributed by atoms with E-state index in [2.05, 4.69) is 30.9 Å². The Hall–Kier alpha value is -1.68. The summed E-state index contributed by atoms with van der Waals surface area (Å²) in [6.07, 6.45) is 1.75. The van der Waals surface area contributed by atoms with Gasteiger partial charge >= 0.3 is 0 Å². The highest BCUT2D eigenvalue weighted by molar-refractivity contribution is 9.10. The lowest BCUT2D eigenvalue weighted by atomic mass is 10.3. The molecule has 1 aromatic carbocycles. The molecular weight excluding hydrogens is 266 g/mol. The van der Waals surface area contributed by atoms with Crippen LogP contribution in [-0.4, -0.2) is 15.0 Å². The molecule has 0 bridgehead atoms. The van der Waals surface area contributed by atoms with E-state index in [9.17, 15) is 0 Å². The van der Waals surface area contributed by atoms with Crippen molar-refractivity contribution in [2.75, 3.05) is 0 Å². The van der Waals surface area contributed by atoms with Crippen molar-refractivity contribution in [2.24, 2.45) is 0 Å². The first-order chi connectivity index (χ1) is 7.84. The molecule has 3 aromatic rings. The number of fused-ring (bicyclic) bond motifs is 1. The van der Waals surface area contributed by atoms with Crippen LogP contribution in [0.25, 0.3) is 22.4 Å². The van der Waals surface area contributed by atoms with E-state index >= 15 is 0 Å². The lowest BCUT2D eigenvalue weighted by Crippen LogP contribution is -1.84. The van der Waals surface area contributed by atoms with E-state index < -0.39 is 0 Å². The summed E-state index contributed by atoms with van der Waals surface area (Å²) in [5, 5.41) is 0. The minimum absolute atomic E-state index is 0.800. The minimum atomic E-state index is 0.800. The Labute approximate surface area is 101 Å². The molecule has 0 aliphatic rings. The zero-order valence-electron chi connectivity index (χ0n) is 8.31. The predicted molar refractivity (Wildman–Crippen MR) is 67.0 cm³/mol. The molecule has 0 spiro atoms. The van der Waals surface area contributed by atoms with Gasteiger partial charge in [0, 0.05) is 6.20 Å². The average molecular weight is 274 g/mol. The third-order valence-electron chi connectivity index (χ3n) is 2.40. The Morgan fingerprint density at radius 1 is 1.06 bits per heavy atom. The number of aromatic nitrogens is 3. The maximum atomic E-state index is 4.52. The van der Waals surface area contributed by atoms with E-state index in [1.807, 2.05) is 36.4 Å². The number of nitrogens with zero attached hydrogens (tertiary/aromatic N) is 2. The molecule has 0 amide bonds. The molecule has 0 aliphatic heterocycles. The van der Waals surface area contributed by atoms with Crippen LogP contribution in [-0.2, 0) is 0 Å². The Bertz CT molecular complexity index is 612. The smallest absolute Gasteiger partial charge is 0.141 e. The van der Waals surface area contributed by atoms with Gasteiger partial charge in [-0.05, 0) is 40.2 Å². The number of halogens is 1. The van der Waals surface area contributed by atoms with Crippen LogP contribution < -0.4 is 0 Å². The summed E-state index contributed by atoms with van der Waals surface area (Å²) in [7, 11) is 0. The molecule has 0 atom stereocenters. The van der Waals surface area contributed by atoms with Gasteiger partial charge in [0.15, 0.2) is 0 Å². The molecule has 3 nitrogen and oxygen atoms in total. The van der Waals surface area contributed by atoms with Crippen LogP contribution >= 0.6 is 15.9 Å². The standard InChI is InChI=1S/C12H8BrN3/c13-11-8(4-3-7-14-11)12-15-9-5-1-2-6-10(9)16-12/h1-7H,(H,15,16). The summed E-state index contributed by atoms with van der Waals surface area (Å²) in [6.45, 7) is 0. The van der Waals surface area contributed by atoms with Crippen molar-refractivity contribution in [2.45, 2.75) is 0 Å². The van der Waals surface area contributed by atoms with Crippen LogP contribution in [0.15, 0.2) is 47.2 Å². The lowest BCUT2D eigenvalue weighted by Gasteiger charge is -1.97. The second kappa shape index (κ2) is 3.72. The van der Waals surface area contributed by atoms with Crippen molar-refractivity contribution in [1.82, 2.24) is 15.0 Å². The van der Waals surface area contributed by atoms with E-state index in [-0.39, 0.29) is 0 Å². The van der Waals surface area contributed by atoms with Crippen LogP contribution in [0.5, 0.6) is 0 Å². The van der Waals surface area contributed by atoms with Crippen molar-refractivity contribution >= 4 is 27.0 Å². The van der Waals surface area contributed by atoms with E-state index in [0.717, 1.165) is 27.0 Å². The van der Waals surface area contributed by atoms with Crippen molar-refractivity contribution in [3.8, 4) is 11.4 Å². The van der Waals surface area contributed by atoms with E-state index in [1.54, 1.807) is 6.20 Å². The number of rotatable bonds is 1. The van der Waals surface area contributed by atoms with E-state index in [0.29, 0.717) is 0 Å². The lowest BCUT2D eigenvalue weighted by molar-refractivity contribution is 1.24. The molecule has 78 valence electrons. The number of H-pyrrole nitrogens is 1. The third-order valence-corrected chi connectivity index (χ3v) is 3.04. The fourth-order valence-corrected chi connectivity index (χ4v) is 2.08. The molecule has 0 fully saturated rings. The molecule has 3 rings (SSSR count). The van der Waals surface area contributed by atoms with Gasteiger partial charge in [-0.15, -0.1) is 0 Å². The first-order valence-electron chi connectivity index (χ1n) is 4.90. The highest BCUT2D eigenvalue weighted by atomic mass is 79.9. The average Bonchev–Trinajstić information content (AvgIpc) is 2.73. The van der Waals surface area contributed by atoms with Gasteiger partial charge < -0.3 is 4.98 Å². The summed E-state index contributed by atoms with van der Waals surface area (Å²) in [5.74, 6) is 0.834. The van der Waals surface area contributed by atoms with Crippen molar-refractivity contribution in [1.29, 1.82) is 0 Å². The second-order valence-corrected chi connectivity index (χ2v) is 4.20. The number of hydrogen-bond donors (Lipinski definition) is 1. The number of aromatic amines is 1. The van der Waals surface area contributed by atoms with Crippen LogP contribution in [0.2, 0.25) is 0 Å². The van der Waals surface area contributed by atoms with Crippen LogP contribution in [0.1, 0.15) is 0 Å². The third kappa shape index (κ3) is 1.51. The largest absolute Gasteiger partial charge is 0.338 e. The molecule has 0 saturated carbocycles. The quantitative estimate of drug-likeness (QED) is 0.691. The van der Waals surface area contributed by atoms with Gasteiger partial charge in [0.2, 0.25) is 0 Å². The Morgan fingerprint density at radius 3 is 2.75 bits per heavy atom. The molecule has 0 unspecified atom stereocenters. The van der Waals surface area contributed by atoms with Crippen LogP contribution in [0, 0.1) is 0 Å². The molecule has 0 aliphatic carbocycles.